The van der Waals surface area contributed by atoms with Gasteiger partial charge in [-0.1, -0.05) is 12.1 Å². The van der Waals surface area contributed by atoms with Crippen molar-refractivity contribution in [3.8, 4) is 22.8 Å². The second-order valence-corrected chi connectivity index (χ2v) is 7.93. The molecule has 7 heteroatoms. The number of benzene rings is 2. The first kappa shape index (κ1) is 19.6. The molecule has 0 unspecified atom stereocenters. The highest BCUT2D eigenvalue weighted by Crippen LogP contribution is 2.38. The maximum atomic E-state index is 6.11. The molecule has 3 aromatic rings. The van der Waals surface area contributed by atoms with Crippen molar-refractivity contribution < 1.29 is 9.47 Å². The lowest BCUT2D eigenvalue weighted by molar-refractivity contribution is 0.305. The summed E-state index contributed by atoms with van der Waals surface area (Å²) in [6, 6.07) is 14.2. The Hall–Kier alpha value is -3.32. The van der Waals surface area contributed by atoms with Gasteiger partial charge in [0.2, 0.25) is 5.95 Å². The molecule has 1 fully saturated rings. The minimum atomic E-state index is 0.333. The quantitative estimate of drug-likeness (QED) is 0.660. The lowest BCUT2D eigenvalue weighted by Crippen LogP contribution is -2.44. The van der Waals surface area contributed by atoms with Crippen molar-refractivity contribution in [3.63, 3.8) is 0 Å². The van der Waals surface area contributed by atoms with E-state index in [0.29, 0.717) is 12.6 Å². The van der Waals surface area contributed by atoms with Crippen LogP contribution in [0.5, 0.6) is 11.5 Å². The molecule has 31 heavy (non-hydrogen) atoms. The molecule has 1 aliphatic carbocycles. The molecule has 0 spiro atoms. The monoisotopic (exact) mass is 417 g/mol. The van der Waals surface area contributed by atoms with Gasteiger partial charge in [-0.2, -0.15) is 4.98 Å². The van der Waals surface area contributed by atoms with Gasteiger partial charge in [-0.15, -0.1) is 0 Å². The van der Waals surface area contributed by atoms with Crippen LogP contribution < -0.4 is 25.4 Å². The summed E-state index contributed by atoms with van der Waals surface area (Å²) in [5.74, 6) is 3.04. The highest BCUT2D eigenvalue weighted by molar-refractivity contribution is 5.76. The van der Waals surface area contributed by atoms with Gasteiger partial charge in [0.15, 0.2) is 0 Å². The molecule has 0 atom stereocenters. The van der Waals surface area contributed by atoms with Gasteiger partial charge in [-0.25, -0.2) is 4.98 Å². The van der Waals surface area contributed by atoms with Crippen LogP contribution in [-0.4, -0.2) is 43.3 Å². The molecule has 3 N–H and O–H groups in total. The van der Waals surface area contributed by atoms with Gasteiger partial charge in [0.05, 0.1) is 12.8 Å². The summed E-state index contributed by atoms with van der Waals surface area (Å²) in [4.78, 5) is 11.6. The molecule has 1 saturated heterocycles. The Bertz CT molecular complexity index is 1080. The van der Waals surface area contributed by atoms with Gasteiger partial charge in [0, 0.05) is 37.3 Å². The van der Waals surface area contributed by atoms with Crippen LogP contribution in [0.4, 0.5) is 11.8 Å². The van der Waals surface area contributed by atoms with Crippen molar-refractivity contribution in [2.24, 2.45) is 0 Å². The van der Waals surface area contributed by atoms with E-state index in [1.54, 1.807) is 7.11 Å². The fourth-order valence-electron chi connectivity index (χ4n) is 4.33. The first-order valence-electron chi connectivity index (χ1n) is 10.7. The molecule has 0 bridgehead atoms. The van der Waals surface area contributed by atoms with Crippen LogP contribution in [0.15, 0.2) is 42.5 Å². The Morgan fingerprint density at radius 3 is 2.55 bits per heavy atom. The topological polar surface area (TPSA) is 85.5 Å². The lowest BCUT2D eigenvalue weighted by Gasteiger charge is -2.32. The summed E-state index contributed by atoms with van der Waals surface area (Å²) in [5, 5.41) is 3.39. The van der Waals surface area contributed by atoms with Crippen molar-refractivity contribution in [3.05, 3.63) is 59.2 Å². The molecule has 7 nitrogen and oxygen atoms in total. The number of hydrogen-bond donors (Lipinski definition) is 2. The summed E-state index contributed by atoms with van der Waals surface area (Å²) in [6.07, 6.45) is 1.85. The first-order valence-corrected chi connectivity index (χ1v) is 10.7. The van der Waals surface area contributed by atoms with E-state index in [9.17, 15) is 0 Å². The van der Waals surface area contributed by atoms with Gasteiger partial charge in [-0.05, 0) is 54.3 Å². The summed E-state index contributed by atoms with van der Waals surface area (Å²) in [5.41, 5.74) is 11.7. The molecule has 0 amide bonds. The molecule has 2 aliphatic rings. The number of nitrogens with zero attached hydrogens (tertiary/aromatic N) is 3. The van der Waals surface area contributed by atoms with E-state index in [0.717, 1.165) is 73.2 Å². The van der Waals surface area contributed by atoms with E-state index in [1.807, 2.05) is 30.3 Å². The van der Waals surface area contributed by atoms with E-state index in [-0.39, 0.29) is 0 Å². The Morgan fingerprint density at radius 1 is 1.00 bits per heavy atom. The third-order valence-corrected chi connectivity index (χ3v) is 5.96. The number of hydrogen-bond acceptors (Lipinski definition) is 7. The van der Waals surface area contributed by atoms with Crippen LogP contribution in [0.2, 0.25) is 0 Å². The normalized spacial score (nSPS) is 15.2. The minimum absolute atomic E-state index is 0.333. The molecule has 0 radical (unpaired) electrons. The Morgan fingerprint density at radius 2 is 1.77 bits per heavy atom. The molecule has 1 aromatic heterocycles. The SMILES string of the molecule is COc1ccc(COc2ccc3c(c2)CCc2c-3nc(N)nc2N2CCNCC2)cc1. The van der Waals surface area contributed by atoms with Crippen molar-refractivity contribution in [2.45, 2.75) is 19.4 Å². The van der Waals surface area contributed by atoms with Crippen LogP contribution in [0, 0.1) is 0 Å². The third kappa shape index (κ3) is 4.01. The van der Waals surface area contributed by atoms with Crippen molar-refractivity contribution in [1.82, 2.24) is 15.3 Å². The number of anilines is 2. The van der Waals surface area contributed by atoms with Gasteiger partial charge in [0.25, 0.3) is 0 Å². The van der Waals surface area contributed by atoms with Gasteiger partial charge < -0.3 is 25.4 Å². The smallest absolute Gasteiger partial charge is 0.222 e. The fourth-order valence-corrected chi connectivity index (χ4v) is 4.33. The standard InChI is InChI=1S/C24H27N5O2/c1-30-18-5-2-16(3-6-18)15-31-19-7-9-20-17(14-19)4-8-21-22(20)27-24(25)28-23(21)29-12-10-26-11-13-29/h2-3,5-7,9,14,26H,4,8,10-13,15H2,1H3,(H2,25,27,28). The average molecular weight is 418 g/mol. The largest absolute Gasteiger partial charge is 0.497 e. The number of methoxy groups -OCH3 is 1. The highest BCUT2D eigenvalue weighted by Gasteiger charge is 2.25. The second-order valence-electron chi connectivity index (χ2n) is 7.93. The number of nitrogen functional groups attached to an aromatic ring is 1. The summed E-state index contributed by atoms with van der Waals surface area (Å²) in [7, 11) is 1.67. The first-order chi connectivity index (χ1) is 15.2. The van der Waals surface area contributed by atoms with Crippen LogP contribution in [0.3, 0.4) is 0 Å². The third-order valence-electron chi connectivity index (χ3n) is 5.96. The lowest BCUT2D eigenvalue weighted by atomic mass is 9.88. The zero-order valence-electron chi connectivity index (χ0n) is 17.7. The van der Waals surface area contributed by atoms with E-state index in [2.05, 4.69) is 32.3 Å². The van der Waals surface area contributed by atoms with E-state index in [4.69, 9.17) is 15.2 Å². The molecule has 1 aliphatic heterocycles. The molecule has 160 valence electrons. The van der Waals surface area contributed by atoms with E-state index in [1.165, 1.54) is 11.1 Å². The zero-order valence-corrected chi connectivity index (χ0v) is 17.7. The molecular weight excluding hydrogens is 390 g/mol. The van der Waals surface area contributed by atoms with Crippen molar-refractivity contribution in [2.75, 3.05) is 43.9 Å². The van der Waals surface area contributed by atoms with Crippen molar-refractivity contribution in [1.29, 1.82) is 0 Å². The maximum absolute atomic E-state index is 6.11. The molecular formula is C24H27N5O2. The number of rotatable bonds is 5. The predicted octanol–water partition coefficient (Wildman–Crippen LogP) is 2.82. The number of aryl methyl sites for hydroxylation is 1. The van der Waals surface area contributed by atoms with E-state index < -0.39 is 0 Å². The van der Waals surface area contributed by atoms with Crippen LogP contribution in [0.1, 0.15) is 16.7 Å². The predicted molar refractivity (Wildman–Crippen MR) is 122 cm³/mol. The Balaban J connectivity index is 1.39. The second kappa shape index (κ2) is 8.43. The van der Waals surface area contributed by atoms with Crippen molar-refractivity contribution >= 4 is 11.8 Å². The maximum Gasteiger partial charge on any atom is 0.222 e. The Kier molecular flexibility index (Phi) is 5.34. The number of nitrogens with one attached hydrogen (secondary N) is 1. The fraction of sp³-hybridized carbons (Fsp3) is 0.333. The summed E-state index contributed by atoms with van der Waals surface area (Å²) >= 11 is 0. The Labute approximate surface area is 182 Å². The number of aromatic nitrogens is 2. The van der Waals surface area contributed by atoms with Gasteiger partial charge >= 0.3 is 0 Å². The summed E-state index contributed by atoms with van der Waals surface area (Å²) < 4.78 is 11.3. The van der Waals surface area contributed by atoms with Crippen LogP contribution in [-0.2, 0) is 19.4 Å². The summed E-state index contributed by atoms with van der Waals surface area (Å²) in [6.45, 7) is 4.32. The number of ether oxygens (including phenoxy) is 2. The van der Waals surface area contributed by atoms with Crippen LogP contribution >= 0.6 is 0 Å². The zero-order chi connectivity index (χ0) is 21.2. The molecule has 0 saturated carbocycles. The molecule has 2 heterocycles. The molecule has 2 aromatic carbocycles. The van der Waals surface area contributed by atoms with Crippen LogP contribution in [0.25, 0.3) is 11.3 Å². The highest BCUT2D eigenvalue weighted by atomic mass is 16.5. The van der Waals surface area contributed by atoms with Gasteiger partial charge in [-0.3, -0.25) is 0 Å². The number of piperazine rings is 1. The van der Waals surface area contributed by atoms with E-state index >= 15 is 0 Å². The minimum Gasteiger partial charge on any atom is -0.497 e. The number of fused-ring (bicyclic) bond motifs is 3. The number of nitrogens with two attached hydrogens (primary N) is 1. The average Bonchev–Trinajstić information content (AvgIpc) is 2.82. The molecule has 5 rings (SSSR count). The van der Waals surface area contributed by atoms with Gasteiger partial charge in [0.1, 0.15) is 23.9 Å².